The van der Waals surface area contributed by atoms with Crippen molar-refractivity contribution >= 4 is 71.1 Å². The van der Waals surface area contributed by atoms with Crippen LogP contribution >= 0.6 is 0 Å². The second-order valence-electron chi connectivity index (χ2n) is 21.1. The van der Waals surface area contributed by atoms with Gasteiger partial charge < -0.3 is 96.0 Å². The quantitative estimate of drug-likeness (QED) is 0.0173. The molecule has 1 fully saturated rings. The summed E-state index contributed by atoms with van der Waals surface area (Å²) >= 11 is 0. The first-order valence-corrected chi connectivity index (χ1v) is 28.3. The minimum Gasteiger partial charge on any atom is -0.480 e. The third kappa shape index (κ3) is 25.1. The summed E-state index contributed by atoms with van der Waals surface area (Å²) in [6.07, 6.45) is 3.86. The molecule has 0 radical (unpaired) electrons. The second kappa shape index (κ2) is 36.3. The van der Waals surface area contributed by atoms with E-state index in [0.717, 1.165) is 38.0 Å². The van der Waals surface area contributed by atoms with E-state index in [4.69, 9.17) is 28.7 Å². The van der Waals surface area contributed by atoms with Crippen LogP contribution in [-0.4, -0.2) is 206 Å². The van der Waals surface area contributed by atoms with Crippen LogP contribution in [0.25, 0.3) is 0 Å². The Hall–Kier alpha value is -8.45. The van der Waals surface area contributed by atoms with Gasteiger partial charge in [0.2, 0.25) is 53.2 Å². The number of aromatic nitrogens is 2. The van der Waals surface area contributed by atoms with Gasteiger partial charge in [0.15, 0.2) is 11.9 Å². The molecule has 9 amide bonds. The zero-order valence-electron chi connectivity index (χ0n) is 49.0. The van der Waals surface area contributed by atoms with Crippen molar-refractivity contribution in [1.82, 2.24) is 57.0 Å². The van der Waals surface area contributed by atoms with Gasteiger partial charge in [0.05, 0.1) is 37.7 Å². The largest absolute Gasteiger partial charge is 0.480 e. The Balaban J connectivity index is 1.80. The Morgan fingerprint density at radius 1 is 0.694 bits per heavy atom. The number of aliphatic carboxylic acids is 1. The summed E-state index contributed by atoms with van der Waals surface area (Å²) in [5, 5.41) is 48.9. The number of aromatic amines is 1. The first-order chi connectivity index (χ1) is 40.2. The highest BCUT2D eigenvalue weighted by Crippen LogP contribution is 2.25. The zero-order chi connectivity index (χ0) is 63.3. The molecule has 21 N–H and O–H groups in total. The molecule has 1 heterocycles. The number of hydrogen-bond acceptors (Lipinski definition) is 16. The van der Waals surface area contributed by atoms with Crippen LogP contribution in [0.15, 0.2) is 52.8 Å². The molecule has 3 rings (SSSR count). The van der Waals surface area contributed by atoms with Crippen molar-refractivity contribution in [2.24, 2.45) is 44.6 Å². The van der Waals surface area contributed by atoms with Gasteiger partial charge in [-0.15, -0.1) is 0 Å². The Kier molecular flexibility index (Phi) is 30.2. The maximum atomic E-state index is 14.3. The molecule has 31 heteroatoms. The summed E-state index contributed by atoms with van der Waals surface area (Å²) in [5.74, 6) is -9.82. The number of nitrogens with zero attached hydrogens (tertiary/aromatic N) is 5. The Labute approximate surface area is 493 Å². The van der Waals surface area contributed by atoms with Crippen molar-refractivity contribution < 1.29 is 63.3 Å². The lowest BCUT2D eigenvalue weighted by Crippen LogP contribution is -2.62. The summed E-state index contributed by atoms with van der Waals surface area (Å²) < 4.78 is 0. The lowest BCUT2D eigenvalue weighted by Gasteiger charge is -2.37. The molecular weight excluding hydrogens is 1110 g/mol. The molecule has 1 aliphatic rings. The number of guanidine groups is 2. The van der Waals surface area contributed by atoms with Crippen LogP contribution in [-0.2, 0) is 60.8 Å². The van der Waals surface area contributed by atoms with Crippen LogP contribution in [0.4, 0.5) is 0 Å². The van der Waals surface area contributed by atoms with E-state index in [-0.39, 0.29) is 63.3 Å². The van der Waals surface area contributed by atoms with Crippen LogP contribution in [0, 0.1) is 5.92 Å². The number of carboxylic acids is 1. The highest BCUT2D eigenvalue weighted by atomic mass is 16.4. The molecule has 1 saturated carbocycles. The van der Waals surface area contributed by atoms with Crippen molar-refractivity contribution in [1.29, 1.82) is 0 Å². The van der Waals surface area contributed by atoms with Gasteiger partial charge in [-0.1, -0.05) is 69.9 Å². The Bertz CT molecular complexity index is 2570. The van der Waals surface area contributed by atoms with Crippen LogP contribution in [0.5, 0.6) is 0 Å². The number of carbonyl (C=O) groups excluding carboxylic acids is 9. The number of carboxylic acid groups (broad SMARTS) is 1. The van der Waals surface area contributed by atoms with Crippen molar-refractivity contribution in [2.75, 3.05) is 39.3 Å². The normalized spacial score (nSPS) is 15.8. The molecule has 85 heavy (non-hydrogen) atoms. The number of aliphatic hydroxyl groups excluding tert-OH is 2. The number of benzene rings is 1. The van der Waals surface area contributed by atoms with Gasteiger partial charge in [-0.2, -0.15) is 0 Å². The van der Waals surface area contributed by atoms with E-state index in [1.54, 1.807) is 44.2 Å². The molecule has 472 valence electrons. The molecule has 1 aliphatic carbocycles. The molecule has 31 nitrogen and oxygen atoms in total. The summed E-state index contributed by atoms with van der Waals surface area (Å²) in [6, 6.07) is -1.74. The number of aliphatic hydroxyl groups is 2. The van der Waals surface area contributed by atoms with E-state index >= 15 is 0 Å². The SMILES string of the molecule is CCC(C)[C@H](NC(=O)CN(CCCN=C(N)N)C(=O)CNC(=O)[C@@H](NC(=O)[C@@H](NC(=O)[C@H](Cc1cnc[nH]1)NC(=O)[C@@H](Cc1ccccc1)NC(=O)[C@H](C)NC(=O)[C@@H](N)CCCN=C(N)N)[C@@H](C)O)[C@@H](C)O)C(=O)N(CC(=O)O)C1CCCCC1. The summed E-state index contributed by atoms with van der Waals surface area (Å²) in [4.78, 5) is 153. The van der Waals surface area contributed by atoms with Gasteiger partial charge in [0.25, 0.3) is 0 Å². The molecule has 1 unspecified atom stereocenters. The van der Waals surface area contributed by atoms with Gasteiger partial charge in [0.1, 0.15) is 42.8 Å². The van der Waals surface area contributed by atoms with E-state index in [0.29, 0.717) is 36.9 Å². The van der Waals surface area contributed by atoms with Crippen molar-refractivity contribution in [2.45, 2.75) is 166 Å². The molecule has 0 spiro atoms. The molecule has 0 aliphatic heterocycles. The molecule has 1 aromatic heterocycles. The van der Waals surface area contributed by atoms with Crippen molar-refractivity contribution in [3.05, 3.63) is 54.1 Å². The lowest BCUT2D eigenvalue weighted by atomic mass is 9.91. The minimum absolute atomic E-state index is 0.0316. The Morgan fingerprint density at radius 3 is 1.85 bits per heavy atom. The second-order valence-corrected chi connectivity index (χ2v) is 21.1. The lowest BCUT2D eigenvalue weighted by molar-refractivity contribution is -0.149. The average molecular weight is 1200 g/mol. The summed E-state index contributed by atoms with van der Waals surface area (Å²) in [5.41, 5.74) is 28.6. The van der Waals surface area contributed by atoms with E-state index in [1.807, 2.05) is 0 Å². The van der Waals surface area contributed by atoms with Gasteiger partial charge >= 0.3 is 5.97 Å². The van der Waals surface area contributed by atoms with Crippen LogP contribution in [0.2, 0.25) is 0 Å². The highest BCUT2D eigenvalue weighted by molar-refractivity contribution is 5.98. The first kappa shape index (κ1) is 70.8. The molecule has 0 bridgehead atoms. The number of amides is 9. The molecular formula is C54H88N18O13. The van der Waals surface area contributed by atoms with Crippen molar-refractivity contribution in [3.63, 3.8) is 0 Å². The molecule has 10 atom stereocenters. The van der Waals surface area contributed by atoms with Crippen molar-refractivity contribution in [3.8, 4) is 0 Å². The molecule has 2 aromatic rings. The van der Waals surface area contributed by atoms with Crippen LogP contribution < -0.4 is 65.9 Å². The number of nitrogens with two attached hydrogens (primary N) is 5. The number of carbonyl (C=O) groups is 10. The van der Waals surface area contributed by atoms with Gasteiger partial charge in [-0.3, -0.25) is 57.9 Å². The number of nitrogens with one attached hydrogen (secondary N) is 8. The Morgan fingerprint density at radius 2 is 1.27 bits per heavy atom. The molecule has 1 aromatic carbocycles. The standard InChI is InChI=1S/C54H88N18O13/c1-6-30(2)43(52(85)72(28-42(77)78)36-17-11-8-12-18-36)68-40(75)27-71(22-14-21-62-54(58)59)41(76)26-63-50(83)44(32(4)73)70-51(84)45(33(5)74)69-49(82)39(24-35-25-60-29-64-35)67-48(81)38(23-34-15-9-7-10-16-34)66-46(79)31(3)65-47(80)37(55)19-13-20-61-53(56)57/h7,9-10,15-16,25,29-33,36-39,43-45,73-74H,6,8,11-14,17-24,26-28,55H2,1-5H3,(H,60,64)(H,63,83)(H,65,80)(H,66,79)(H,67,81)(H,68,75)(H,69,82)(H,70,84)(H,77,78)(H4,56,57,61)(H4,58,59,62)/t30?,31-,32+,33+,37-,38+,39-,43-,44-,45-/m0/s1. The van der Waals surface area contributed by atoms with Crippen LogP contribution in [0.1, 0.15) is 104 Å². The monoisotopic (exact) mass is 1200 g/mol. The van der Waals surface area contributed by atoms with E-state index < -0.39 is 139 Å². The fraction of sp³-hybridized carbons (Fsp3) is 0.611. The number of aliphatic imine (C=N–C) groups is 2. The summed E-state index contributed by atoms with van der Waals surface area (Å²) in [7, 11) is 0. The van der Waals surface area contributed by atoms with Gasteiger partial charge in [-0.05, 0) is 64.4 Å². The number of hydrogen-bond donors (Lipinski definition) is 16. The third-order valence-corrected chi connectivity index (χ3v) is 14.1. The maximum absolute atomic E-state index is 14.3. The smallest absolute Gasteiger partial charge is 0.323 e. The van der Waals surface area contributed by atoms with Gasteiger partial charge in [0, 0.05) is 50.4 Å². The van der Waals surface area contributed by atoms with E-state index in [1.165, 1.54) is 24.3 Å². The fourth-order valence-corrected chi connectivity index (χ4v) is 9.12. The number of H-pyrrole nitrogens is 1. The van der Waals surface area contributed by atoms with E-state index in [2.05, 4.69) is 57.2 Å². The van der Waals surface area contributed by atoms with Gasteiger partial charge in [-0.25, -0.2) is 4.98 Å². The number of rotatable bonds is 36. The minimum atomic E-state index is -1.85. The third-order valence-electron chi connectivity index (χ3n) is 14.1. The fourth-order valence-electron chi connectivity index (χ4n) is 9.12. The number of imidazole rings is 1. The molecule has 0 saturated heterocycles. The highest BCUT2D eigenvalue weighted by Gasteiger charge is 2.38. The summed E-state index contributed by atoms with van der Waals surface area (Å²) in [6.45, 7) is 5.34. The predicted molar refractivity (Wildman–Crippen MR) is 312 cm³/mol. The first-order valence-electron chi connectivity index (χ1n) is 28.3. The maximum Gasteiger partial charge on any atom is 0.323 e. The predicted octanol–water partition coefficient (Wildman–Crippen LogP) is -4.83. The van der Waals surface area contributed by atoms with E-state index in [9.17, 15) is 63.3 Å². The van der Waals surface area contributed by atoms with Crippen LogP contribution in [0.3, 0.4) is 0 Å². The zero-order valence-corrected chi connectivity index (χ0v) is 49.0. The topological polar surface area (TPSA) is 506 Å². The average Bonchev–Trinajstić information content (AvgIpc) is 4.07.